The summed E-state index contributed by atoms with van der Waals surface area (Å²) in [5.41, 5.74) is 2.56. The van der Waals surface area contributed by atoms with Gasteiger partial charge in [0.05, 0.1) is 20.3 Å². The van der Waals surface area contributed by atoms with Gasteiger partial charge in [-0.2, -0.15) is 9.97 Å². The molecule has 3 aromatic rings. The maximum Gasteiger partial charge on any atom is 0.323 e. The topological polar surface area (TPSA) is 73.8 Å². The number of rotatable bonds is 5. The molecule has 1 amide bonds. The van der Waals surface area contributed by atoms with E-state index in [1.54, 1.807) is 6.07 Å². The van der Waals surface area contributed by atoms with Crippen molar-refractivity contribution in [1.29, 1.82) is 0 Å². The summed E-state index contributed by atoms with van der Waals surface area (Å²) < 4.78 is 16.7. The Morgan fingerprint density at radius 1 is 0.968 bits per heavy atom. The highest BCUT2D eigenvalue weighted by Gasteiger charge is 2.65. The van der Waals surface area contributed by atoms with Gasteiger partial charge in [-0.3, -0.25) is 4.79 Å². The molecule has 7 nitrogen and oxygen atoms in total. The first kappa shape index (κ1) is 19.4. The molecule has 0 aliphatic carbocycles. The van der Waals surface area contributed by atoms with Crippen LogP contribution in [-0.2, 0) is 16.8 Å². The monoisotopic (exact) mass is 417 g/mol. The molecule has 2 aliphatic rings. The molecule has 0 N–H and O–H groups in total. The van der Waals surface area contributed by atoms with Gasteiger partial charge < -0.3 is 19.1 Å². The number of nitrogens with zero attached hydrogens (tertiary/aromatic N) is 3. The Kier molecular flexibility index (Phi) is 4.73. The molecule has 2 aliphatic heterocycles. The fourth-order valence-electron chi connectivity index (χ4n) is 4.72. The van der Waals surface area contributed by atoms with Crippen molar-refractivity contribution in [2.45, 2.75) is 24.5 Å². The number of carbonyl (C=O) groups is 1. The third-order valence-electron chi connectivity index (χ3n) is 6.07. The Labute approximate surface area is 180 Å². The van der Waals surface area contributed by atoms with Gasteiger partial charge in [0.2, 0.25) is 17.9 Å². The largest absolute Gasteiger partial charge is 0.481 e. The summed E-state index contributed by atoms with van der Waals surface area (Å²) in [5, 5.41) is 0. The molecule has 2 unspecified atom stereocenters. The van der Waals surface area contributed by atoms with Gasteiger partial charge in [0.15, 0.2) is 0 Å². The second kappa shape index (κ2) is 7.58. The van der Waals surface area contributed by atoms with E-state index >= 15 is 0 Å². The van der Waals surface area contributed by atoms with Gasteiger partial charge in [-0.1, -0.05) is 54.6 Å². The maximum absolute atomic E-state index is 13.3. The Morgan fingerprint density at radius 2 is 1.65 bits per heavy atom. The van der Waals surface area contributed by atoms with Crippen LogP contribution >= 0.6 is 0 Å². The lowest BCUT2D eigenvalue weighted by molar-refractivity contribution is -0.177. The lowest BCUT2D eigenvalue weighted by Crippen LogP contribution is -2.74. The number of β-lactam (4-membered cyclic amide) rings is 1. The SMILES string of the molecule is COc1cc(OC)nc(OC2C(=O)N3CCCc4ccccc4C23c2ccccc2)n1. The number of hydrogen-bond donors (Lipinski definition) is 0. The number of ether oxygens (including phenoxy) is 3. The molecule has 0 spiro atoms. The first-order chi connectivity index (χ1) is 15.2. The summed E-state index contributed by atoms with van der Waals surface area (Å²) in [5.74, 6) is 0.534. The zero-order valence-corrected chi connectivity index (χ0v) is 17.4. The van der Waals surface area contributed by atoms with E-state index in [2.05, 4.69) is 22.1 Å². The molecule has 2 atom stereocenters. The number of aromatic nitrogens is 2. The van der Waals surface area contributed by atoms with E-state index < -0.39 is 11.6 Å². The molecule has 2 aromatic carbocycles. The van der Waals surface area contributed by atoms with Crippen LogP contribution in [0.25, 0.3) is 0 Å². The first-order valence-electron chi connectivity index (χ1n) is 10.3. The molecular formula is C24H23N3O4. The Bertz CT molecular complexity index is 1100. The summed E-state index contributed by atoms with van der Waals surface area (Å²) in [6.07, 6.45) is 1.00. The molecule has 0 saturated carbocycles. The number of amides is 1. The van der Waals surface area contributed by atoms with Crippen LogP contribution < -0.4 is 14.2 Å². The fourth-order valence-corrected chi connectivity index (χ4v) is 4.72. The van der Waals surface area contributed by atoms with E-state index in [1.165, 1.54) is 19.8 Å². The third kappa shape index (κ3) is 2.91. The van der Waals surface area contributed by atoms with E-state index in [1.807, 2.05) is 47.4 Å². The van der Waals surface area contributed by atoms with E-state index in [-0.39, 0.29) is 11.9 Å². The van der Waals surface area contributed by atoms with Gasteiger partial charge in [-0.25, -0.2) is 0 Å². The zero-order valence-electron chi connectivity index (χ0n) is 17.4. The normalized spacial score (nSPS) is 21.9. The van der Waals surface area contributed by atoms with Crippen molar-refractivity contribution in [3.8, 4) is 17.8 Å². The lowest BCUT2D eigenvalue weighted by Gasteiger charge is -2.56. The van der Waals surface area contributed by atoms with Crippen LogP contribution in [0, 0.1) is 0 Å². The molecule has 1 fully saturated rings. The highest BCUT2D eigenvalue weighted by atomic mass is 16.5. The molecule has 3 heterocycles. The minimum Gasteiger partial charge on any atom is -0.481 e. The average molecular weight is 417 g/mol. The summed E-state index contributed by atoms with van der Waals surface area (Å²) >= 11 is 0. The molecule has 158 valence electrons. The lowest BCUT2D eigenvalue weighted by atomic mass is 9.69. The molecule has 31 heavy (non-hydrogen) atoms. The van der Waals surface area contributed by atoms with Crippen LogP contribution in [0.4, 0.5) is 0 Å². The molecule has 5 rings (SSSR count). The van der Waals surface area contributed by atoms with Gasteiger partial charge in [0.25, 0.3) is 5.91 Å². The summed E-state index contributed by atoms with van der Waals surface area (Å²) in [4.78, 5) is 23.8. The molecule has 0 bridgehead atoms. The molecule has 1 aromatic heterocycles. The van der Waals surface area contributed by atoms with Crippen molar-refractivity contribution in [3.63, 3.8) is 0 Å². The predicted molar refractivity (Wildman–Crippen MR) is 113 cm³/mol. The molecular weight excluding hydrogens is 394 g/mol. The second-order valence-corrected chi connectivity index (χ2v) is 7.62. The van der Waals surface area contributed by atoms with Crippen LogP contribution in [0.2, 0.25) is 0 Å². The van der Waals surface area contributed by atoms with Crippen LogP contribution in [0.15, 0.2) is 60.7 Å². The first-order valence-corrected chi connectivity index (χ1v) is 10.3. The maximum atomic E-state index is 13.3. The van der Waals surface area contributed by atoms with Crippen LogP contribution in [0.3, 0.4) is 0 Å². The van der Waals surface area contributed by atoms with Gasteiger partial charge in [-0.15, -0.1) is 0 Å². The number of methoxy groups -OCH3 is 2. The third-order valence-corrected chi connectivity index (χ3v) is 6.07. The van der Waals surface area contributed by atoms with Crippen molar-refractivity contribution < 1.29 is 19.0 Å². The number of carbonyl (C=O) groups excluding carboxylic acids is 1. The van der Waals surface area contributed by atoms with Gasteiger partial charge in [0.1, 0.15) is 5.54 Å². The minimum absolute atomic E-state index is 0.0474. The van der Waals surface area contributed by atoms with E-state index in [0.29, 0.717) is 18.3 Å². The van der Waals surface area contributed by atoms with E-state index in [4.69, 9.17) is 14.2 Å². The molecule has 1 saturated heterocycles. The van der Waals surface area contributed by atoms with Crippen molar-refractivity contribution in [1.82, 2.24) is 14.9 Å². The average Bonchev–Trinajstić information content (AvgIpc) is 2.98. The fraction of sp³-hybridized carbons (Fsp3) is 0.292. The minimum atomic E-state index is -0.800. The quantitative estimate of drug-likeness (QED) is 0.595. The number of aryl methyl sites for hydroxylation is 1. The summed E-state index contributed by atoms with van der Waals surface area (Å²) in [6, 6.07) is 19.9. The predicted octanol–water partition coefficient (Wildman–Crippen LogP) is 2.97. The Morgan fingerprint density at radius 3 is 2.35 bits per heavy atom. The smallest absolute Gasteiger partial charge is 0.323 e. The van der Waals surface area contributed by atoms with Gasteiger partial charge >= 0.3 is 6.01 Å². The van der Waals surface area contributed by atoms with Gasteiger partial charge in [-0.05, 0) is 29.5 Å². The van der Waals surface area contributed by atoms with E-state index in [0.717, 1.165) is 24.0 Å². The van der Waals surface area contributed by atoms with Crippen molar-refractivity contribution in [2.24, 2.45) is 0 Å². The second-order valence-electron chi connectivity index (χ2n) is 7.62. The highest BCUT2D eigenvalue weighted by Crippen LogP contribution is 2.51. The summed E-state index contributed by atoms with van der Waals surface area (Å²) in [6.45, 7) is 0.657. The Hall–Kier alpha value is -3.61. The number of hydrogen-bond acceptors (Lipinski definition) is 6. The number of benzene rings is 2. The standard InChI is InChI=1S/C24H23N3O4/c1-29-19-15-20(30-2)26-23(25-19)31-21-22(28)27-14-8-10-16-9-6-7-13-18(16)24(21,27)17-11-4-3-5-12-17/h3-7,9,11-13,15,21H,8,10,14H2,1-2H3. The highest BCUT2D eigenvalue weighted by molar-refractivity contribution is 5.93. The van der Waals surface area contributed by atoms with Crippen molar-refractivity contribution >= 4 is 5.91 Å². The summed E-state index contributed by atoms with van der Waals surface area (Å²) in [7, 11) is 3.02. The number of fused-ring (bicyclic) bond motifs is 3. The van der Waals surface area contributed by atoms with Crippen LogP contribution in [-0.4, -0.2) is 47.6 Å². The van der Waals surface area contributed by atoms with Gasteiger partial charge in [0, 0.05) is 6.54 Å². The van der Waals surface area contributed by atoms with Crippen LogP contribution in [0.5, 0.6) is 17.8 Å². The molecule has 7 heteroatoms. The van der Waals surface area contributed by atoms with Crippen molar-refractivity contribution in [3.05, 3.63) is 77.4 Å². The van der Waals surface area contributed by atoms with Crippen LogP contribution in [0.1, 0.15) is 23.1 Å². The molecule has 0 radical (unpaired) electrons. The zero-order chi connectivity index (χ0) is 21.4. The Balaban J connectivity index is 1.67. The van der Waals surface area contributed by atoms with E-state index in [9.17, 15) is 4.79 Å². The van der Waals surface area contributed by atoms with Crippen molar-refractivity contribution in [2.75, 3.05) is 20.8 Å².